The number of carbonyl (C=O) groups is 1. The van der Waals surface area contributed by atoms with Crippen LogP contribution in [0, 0.1) is 5.82 Å². The first-order chi connectivity index (χ1) is 8.43. The number of halogens is 2. The van der Waals surface area contributed by atoms with Crippen molar-refractivity contribution < 1.29 is 14.3 Å². The molecule has 0 aliphatic heterocycles. The molecule has 18 heavy (non-hydrogen) atoms. The maximum atomic E-state index is 13.7. The third kappa shape index (κ3) is 3.53. The summed E-state index contributed by atoms with van der Waals surface area (Å²) < 4.78 is 13.9. The maximum Gasteiger partial charge on any atom is 0.254 e. The highest BCUT2D eigenvalue weighted by molar-refractivity contribution is 9.10. The van der Waals surface area contributed by atoms with Crippen molar-refractivity contribution >= 4 is 21.8 Å². The first-order valence-corrected chi connectivity index (χ1v) is 6.67. The van der Waals surface area contributed by atoms with E-state index in [1.807, 2.05) is 13.8 Å². The molecule has 0 aliphatic carbocycles. The van der Waals surface area contributed by atoms with E-state index in [-0.39, 0.29) is 16.6 Å². The number of benzene rings is 1. The molecule has 1 rings (SSSR count). The van der Waals surface area contributed by atoms with Crippen molar-refractivity contribution in [3.8, 4) is 0 Å². The van der Waals surface area contributed by atoms with Crippen LogP contribution >= 0.6 is 15.9 Å². The van der Waals surface area contributed by atoms with Gasteiger partial charge in [-0.1, -0.05) is 19.9 Å². The van der Waals surface area contributed by atoms with E-state index in [9.17, 15) is 14.3 Å². The molecule has 100 valence electrons. The van der Waals surface area contributed by atoms with Crippen LogP contribution in [0.1, 0.15) is 37.0 Å². The van der Waals surface area contributed by atoms with Gasteiger partial charge in [-0.25, -0.2) is 4.39 Å². The molecule has 0 saturated carbocycles. The SMILES string of the molecule is CCC(O)(CC)CNC(=O)c1cccc(Br)c1F. The zero-order valence-corrected chi connectivity index (χ0v) is 12.1. The van der Waals surface area contributed by atoms with Crippen LogP contribution in [0.3, 0.4) is 0 Å². The van der Waals surface area contributed by atoms with Gasteiger partial charge >= 0.3 is 0 Å². The Morgan fingerprint density at radius 3 is 2.61 bits per heavy atom. The Labute approximate surface area is 115 Å². The van der Waals surface area contributed by atoms with E-state index in [4.69, 9.17) is 0 Å². The highest BCUT2D eigenvalue weighted by atomic mass is 79.9. The molecule has 0 radical (unpaired) electrons. The van der Waals surface area contributed by atoms with Crippen LogP contribution in [-0.2, 0) is 0 Å². The molecule has 5 heteroatoms. The summed E-state index contributed by atoms with van der Waals surface area (Å²) in [6.45, 7) is 3.80. The predicted molar refractivity (Wildman–Crippen MR) is 72.0 cm³/mol. The molecule has 0 spiro atoms. The van der Waals surface area contributed by atoms with Gasteiger partial charge in [-0.3, -0.25) is 4.79 Å². The number of nitrogens with one attached hydrogen (secondary N) is 1. The lowest BCUT2D eigenvalue weighted by atomic mass is 9.97. The van der Waals surface area contributed by atoms with Crippen molar-refractivity contribution in [3.05, 3.63) is 34.1 Å². The van der Waals surface area contributed by atoms with Gasteiger partial charge in [0.05, 0.1) is 15.6 Å². The number of carbonyl (C=O) groups excluding carboxylic acids is 1. The summed E-state index contributed by atoms with van der Waals surface area (Å²) >= 11 is 3.03. The molecule has 0 saturated heterocycles. The summed E-state index contributed by atoms with van der Waals surface area (Å²) in [7, 11) is 0. The van der Waals surface area contributed by atoms with E-state index in [2.05, 4.69) is 21.2 Å². The lowest BCUT2D eigenvalue weighted by Crippen LogP contribution is -2.42. The van der Waals surface area contributed by atoms with Crippen molar-refractivity contribution in [2.24, 2.45) is 0 Å². The Hall–Kier alpha value is -0.940. The molecule has 0 atom stereocenters. The smallest absolute Gasteiger partial charge is 0.254 e. The van der Waals surface area contributed by atoms with Crippen LogP contribution in [0.25, 0.3) is 0 Å². The first kappa shape index (κ1) is 15.1. The maximum absolute atomic E-state index is 13.7. The highest BCUT2D eigenvalue weighted by Gasteiger charge is 2.23. The summed E-state index contributed by atoms with van der Waals surface area (Å²) in [4.78, 5) is 11.8. The van der Waals surface area contributed by atoms with Crippen LogP contribution < -0.4 is 5.32 Å². The van der Waals surface area contributed by atoms with Gasteiger partial charge in [0.25, 0.3) is 5.91 Å². The Kier molecular flexibility index (Phi) is 5.28. The van der Waals surface area contributed by atoms with E-state index in [1.165, 1.54) is 12.1 Å². The summed E-state index contributed by atoms with van der Waals surface area (Å²) in [6, 6.07) is 4.53. The molecular formula is C13H17BrFNO2. The van der Waals surface area contributed by atoms with Gasteiger partial charge in [0.15, 0.2) is 0 Å². The van der Waals surface area contributed by atoms with Gasteiger partial charge in [0.1, 0.15) is 5.82 Å². The molecule has 0 bridgehead atoms. The van der Waals surface area contributed by atoms with Gasteiger partial charge in [0.2, 0.25) is 0 Å². The minimum atomic E-state index is -0.932. The molecule has 0 heterocycles. The van der Waals surface area contributed by atoms with E-state index >= 15 is 0 Å². The summed E-state index contributed by atoms with van der Waals surface area (Å²) in [6.07, 6.45) is 1.06. The average molecular weight is 318 g/mol. The molecule has 1 amide bonds. The average Bonchev–Trinajstić information content (AvgIpc) is 2.39. The van der Waals surface area contributed by atoms with Crippen molar-refractivity contribution in [3.63, 3.8) is 0 Å². The Morgan fingerprint density at radius 1 is 1.44 bits per heavy atom. The Bertz CT molecular complexity index is 433. The summed E-state index contributed by atoms with van der Waals surface area (Å²) in [5.74, 6) is -1.11. The third-order valence-corrected chi connectivity index (χ3v) is 3.70. The third-order valence-electron chi connectivity index (χ3n) is 3.09. The van der Waals surface area contributed by atoms with Crippen LogP contribution in [0.15, 0.2) is 22.7 Å². The standard InChI is InChI=1S/C13H17BrFNO2/c1-3-13(18,4-2)8-16-12(17)9-6-5-7-10(14)11(9)15/h5-7,18H,3-4,8H2,1-2H3,(H,16,17). The summed E-state index contributed by atoms with van der Waals surface area (Å²) in [5, 5.41) is 12.6. The number of hydrogen-bond acceptors (Lipinski definition) is 2. The minimum absolute atomic E-state index is 0.0288. The number of aliphatic hydroxyl groups is 1. The normalized spacial score (nSPS) is 11.4. The fourth-order valence-electron chi connectivity index (χ4n) is 1.52. The molecule has 3 nitrogen and oxygen atoms in total. The Morgan fingerprint density at radius 2 is 2.06 bits per heavy atom. The second-order valence-corrected chi connectivity index (χ2v) is 5.07. The fourth-order valence-corrected chi connectivity index (χ4v) is 1.89. The zero-order valence-electron chi connectivity index (χ0n) is 10.5. The van der Waals surface area contributed by atoms with Crippen molar-refractivity contribution in [1.82, 2.24) is 5.32 Å². The quantitative estimate of drug-likeness (QED) is 0.877. The van der Waals surface area contributed by atoms with Crippen LogP contribution in [0.2, 0.25) is 0 Å². The van der Waals surface area contributed by atoms with Gasteiger partial charge in [-0.15, -0.1) is 0 Å². The van der Waals surface area contributed by atoms with E-state index in [0.29, 0.717) is 12.8 Å². The summed E-state index contributed by atoms with van der Waals surface area (Å²) in [5.41, 5.74) is -0.961. The highest BCUT2D eigenvalue weighted by Crippen LogP contribution is 2.19. The lowest BCUT2D eigenvalue weighted by molar-refractivity contribution is 0.0313. The molecule has 0 unspecified atom stereocenters. The van der Waals surface area contributed by atoms with Gasteiger partial charge in [-0.05, 0) is 40.9 Å². The Balaban J connectivity index is 2.75. The first-order valence-electron chi connectivity index (χ1n) is 5.88. The van der Waals surface area contributed by atoms with Crippen LogP contribution in [-0.4, -0.2) is 23.2 Å². The topological polar surface area (TPSA) is 49.3 Å². The number of hydrogen-bond donors (Lipinski definition) is 2. The van der Waals surface area contributed by atoms with E-state index < -0.39 is 17.3 Å². The second kappa shape index (κ2) is 6.29. The van der Waals surface area contributed by atoms with Crippen molar-refractivity contribution in [2.45, 2.75) is 32.3 Å². The zero-order chi connectivity index (χ0) is 13.8. The molecule has 2 N–H and O–H groups in total. The van der Waals surface area contributed by atoms with E-state index in [1.54, 1.807) is 6.07 Å². The second-order valence-electron chi connectivity index (χ2n) is 4.22. The van der Waals surface area contributed by atoms with E-state index in [0.717, 1.165) is 0 Å². The molecule has 0 aromatic heterocycles. The van der Waals surface area contributed by atoms with Crippen LogP contribution in [0.5, 0.6) is 0 Å². The van der Waals surface area contributed by atoms with Crippen molar-refractivity contribution in [2.75, 3.05) is 6.54 Å². The molecule has 1 aromatic rings. The monoisotopic (exact) mass is 317 g/mol. The van der Waals surface area contributed by atoms with Crippen molar-refractivity contribution in [1.29, 1.82) is 0 Å². The largest absolute Gasteiger partial charge is 0.388 e. The fraction of sp³-hybridized carbons (Fsp3) is 0.462. The molecular weight excluding hydrogens is 301 g/mol. The number of rotatable bonds is 5. The molecule has 1 aromatic carbocycles. The van der Waals surface area contributed by atoms with Gasteiger partial charge in [0, 0.05) is 6.54 Å². The lowest BCUT2D eigenvalue weighted by Gasteiger charge is -2.25. The van der Waals surface area contributed by atoms with Crippen LogP contribution in [0.4, 0.5) is 4.39 Å². The van der Waals surface area contributed by atoms with Gasteiger partial charge in [-0.2, -0.15) is 0 Å². The molecule has 0 aliphatic rings. The minimum Gasteiger partial charge on any atom is -0.388 e. The number of amides is 1. The predicted octanol–water partition coefficient (Wildman–Crippen LogP) is 2.87. The molecule has 0 fully saturated rings. The van der Waals surface area contributed by atoms with Gasteiger partial charge < -0.3 is 10.4 Å².